The predicted molar refractivity (Wildman–Crippen MR) is 118 cm³/mol. The molecule has 1 aromatic rings. The van der Waals surface area contributed by atoms with E-state index in [1.54, 1.807) is 0 Å². The van der Waals surface area contributed by atoms with Gasteiger partial charge < -0.3 is 9.22 Å². The van der Waals surface area contributed by atoms with Crippen molar-refractivity contribution in [2.45, 2.75) is 45.6 Å². The number of hydrogen-bond acceptors (Lipinski definition) is 6. The largest absolute Gasteiger partial charge is 0.461 e. The highest BCUT2D eigenvalue weighted by atomic mass is 32.2. The maximum absolute atomic E-state index is 12.1. The monoisotopic (exact) mass is 480 g/mol. The molecule has 0 aliphatic heterocycles. The number of nitrogens with zero attached hydrogens (tertiary/aromatic N) is 1. The lowest BCUT2D eigenvalue weighted by Crippen LogP contribution is -2.51. The van der Waals surface area contributed by atoms with Crippen molar-refractivity contribution in [1.82, 2.24) is 0 Å². The van der Waals surface area contributed by atoms with E-state index in [9.17, 15) is 21.6 Å². The number of ether oxygens (including phenoxy) is 1. The van der Waals surface area contributed by atoms with Crippen molar-refractivity contribution in [2.75, 3.05) is 37.7 Å². The van der Waals surface area contributed by atoms with Crippen LogP contribution in [0.15, 0.2) is 30.3 Å². The van der Waals surface area contributed by atoms with E-state index in [-0.39, 0.29) is 43.3 Å². The Hall–Kier alpha value is -1.53. The first-order valence-electron chi connectivity index (χ1n) is 10.4. The van der Waals surface area contributed by atoms with E-state index < -0.39 is 20.2 Å². The molecule has 0 aliphatic carbocycles. The van der Waals surface area contributed by atoms with Crippen LogP contribution in [0.5, 0.6) is 0 Å². The second-order valence-electron chi connectivity index (χ2n) is 7.77. The molecule has 0 saturated carbocycles. The van der Waals surface area contributed by atoms with Crippen molar-refractivity contribution in [3.8, 4) is 0 Å². The Labute approximate surface area is 185 Å². The van der Waals surface area contributed by atoms with Crippen LogP contribution >= 0.6 is 0 Å². The zero-order valence-corrected chi connectivity index (χ0v) is 19.6. The molecular formula is C20H34NO8S2+. The van der Waals surface area contributed by atoms with Gasteiger partial charge in [0.05, 0.1) is 44.1 Å². The van der Waals surface area contributed by atoms with Crippen LogP contribution in [0.2, 0.25) is 0 Å². The topological polar surface area (TPSA) is 135 Å². The summed E-state index contributed by atoms with van der Waals surface area (Å²) in [5.74, 6) is -1.10. The van der Waals surface area contributed by atoms with Crippen molar-refractivity contribution in [3.63, 3.8) is 0 Å². The van der Waals surface area contributed by atoms with Gasteiger partial charge in [0, 0.05) is 19.3 Å². The fourth-order valence-corrected chi connectivity index (χ4v) is 4.67. The first-order chi connectivity index (χ1) is 14.4. The van der Waals surface area contributed by atoms with Gasteiger partial charge in [-0.15, -0.1) is 0 Å². The summed E-state index contributed by atoms with van der Waals surface area (Å²) < 4.78 is 68.1. The molecule has 0 bridgehead atoms. The summed E-state index contributed by atoms with van der Waals surface area (Å²) in [6.45, 7) is 4.18. The van der Waals surface area contributed by atoms with E-state index in [1.807, 2.05) is 37.3 Å². The van der Waals surface area contributed by atoms with Crippen LogP contribution in [-0.4, -0.2) is 74.1 Å². The van der Waals surface area contributed by atoms with Crippen LogP contribution in [0, 0.1) is 0 Å². The molecule has 0 heterocycles. The quantitative estimate of drug-likeness (QED) is 0.209. The molecule has 178 valence electrons. The molecule has 0 saturated heterocycles. The second kappa shape index (κ2) is 13.1. The molecule has 0 aromatic heterocycles. The predicted octanol–water partition coefficient (Wildman–Crippen LogP) is 2.29. The molecule has 0 spiro atoms. The molecule has 31 heavy (non-hydrogen) atoms. The van der Waals surface area contributed by atoms with Crippen molar-refractivity contribution in [1.29, 1.82) is 0 Å². The Balaban J connectivity index is 2.67. The fourth-order valence-electron chi connectivity index (χ4n) is 3.68. The molecule has 0 radical (unpaired) electrons. The van der Waals surface area contributed by atoms with Gasteiger partial charge in [-0.2, -0.15) is 16.8 Å². The third-order valence-corrected chi connectivity index (χ3v) is 6.63. The summed E-state index contributed by atoms with van der Waals surface area (Å²) >= 11 is 0. The fraction of sp³-hybridized carbons (Fsp3) is 0.650. The highest BCUT2D eigenvalue weighted by Crippen LogP contribution is 2.16. The Kier molecular flexibility index (Phi) is 11.6. The third-order valence-electron chi connectivity index (χ3n) is 5.02. The van der Waals surface area contributed by atoms with Crippen molar-refractivity contribution in [3.05, 3.63) is 35.9 Å². The first-order valence-corrected chi connectivity index (χ1v) is 13.6. The summed E-state index contributed by atoms with van der Waals surface area (Å²) in [7, 11) is -8.19. The minimum absolute atomic E-state index is 0.188. The van der Waals surface area contributed by atoms with Crippen LogP contribution in [0.4, 0.5) is 0 Å². The van der Waals surface area contributed by atoms with Gasteiger partial charge in [0.25, 0.3) is 20.2 Å². The molecule has 1 rings (SSSR count). The van der Waals surface area contributed by atoms with E-state index in [1.165, 1.54) is 0 Å². The number of quaternary nitrogens is 1. The first kappa shape index (κ1) is 27.5. The summed E-state index contributed by atoms with van der Waals surface area (Å²) in [5.41, 5.74) is 0.891. The van der Waals surface area contributed by atoms with Crippen LogP contribution in [0.1, 0.15) is 44.6 Å². The molecule has 11 heteroatoms. The van der Waals surface area contributed by atoms with Crippen LogP contribution in [0.3, 0.4) is 0 Å². The van der Waals surface area contributed by atoms with Crippen molar-refractivity contribution in [2.24, 2.45) is 0 Å². The average molecular weight is 481 g/mol. The lowest BCUT2D eigenvalue weighted by atomic mass is 10.2. The van der Waals surface area contributed by atoms with Gasteiger partial charge in [0.1, 0.15) is 6.61 Å². The summed E-state index contributed by atoms with van der Waals surface area (Å²) in [6.07, 6.45) is 1.88. The minimum atomic E-state index is -4.09. The molecule has 0 unspecified atom stereocenters. The molecule has 0 aliphatic rings. The Morgan fingerprint density at radius 1 is 0.871 bits per heavy atom. The molecule has 0 atom stereocenters. The zero-order valence-electron chi connectivity index (χ0n) is 18.0. The SMILES string of the molecule is CCC[N+](CCCC(=O)OCc1ccccc1)(CCCS(=O)(=O)O)CCCS(=O)(=O)O. The molecule has 0 fully saturated rings. The minimum Gasteiger partial charge on any atom is -0.461 e. The molecule has 9 nitrogen and oxygen atoms in total. The van der Waals surface area contributed by atoms with E-state index in [4.69, 9.17) is 13.8 Å². The lowest BCUT2D eigenvalue weighted by molar-refractivity contribution is -0.928. The summed E-state index contributed by atoms with van der Waals surface area (Å²) in [4.78, 5) is 12.1. The van der Waals surface area contributed by atoms with Crippen molar-refractivity contribution >= 4 is 26.2 Å². The van der Waals surface area contributed by atoms with Gasteiger partial charge in [-0.1, -0.05) is 37.3 Å². The number of carbonyl (C=O) groups excluding carboxylic acids is 1. The second-order valence-corrected chi connectivity index (χ2v) is 10.9. The van der Waals surface area contributed by atoms with Crippen LogP contribution < -0.4 is 0 Å². The van der Waals surface area contributed by atoms with Crippen LogP contribution in [-0.2, 0) is 36.4 Å². The van der Waals surface area contributed by atoms with E-state index in [0.717, 1.165) is 12.0 Å². The smallest absolute Gasteiger partial charge is 0.306 e. The van der Waals surface area contributed by atoms with E-state index in [0.29, 0.717) is 37.1 Å². The average Bonchev–Trinajstić information content (AvgIpc) is 2.65. The van der Waals surface area contributed by atoms with Gasteiger partial charge >= 0.3 is 5.97 Å². The molecule has 0 amide bonds. The summed E-state index contributed by atoms with van der Waals surface area (Å²) in [5, 5.41) is 0. The number of rotatable bonds is 16. The Morgan fingerprint density at radius 3 is 1.87 bits per heavy atom. The molecule has 2 N–H and O–H groups in total. The Morgan fingerprint density at radius 2 is 1.39 bits per heavy atom. The number of carbonyl (C=O) groups is 1. The van der Waals surface area contributed by atoms with Crippen molar-refractivity contribution < 1.29 is 40.0 Å². The summed E-state index contributed by atoms with van der Waals surface area (Å²) in [6, 6.07) is 9.32. The zero-order chi connectivity index (χ0) is 23.4. The van der Waals surface area contributed by atoms with Gasteiger partial charge in [-0.05, 0) is 12.0 Å². The maximum atomic E-state index is 12.1. The maximum Gasteiger partial charge on any atom is 0.306 e. The lowest BCUT2D eigenvalue weighted by Gasteiger charge is -2.39. The number of esters is 1. The van der Waals surface area contributed by atoms with Crippen LogP contribution in [0.25, 0.3) is 0 Å². The Bertz CT molecular complexity index is 832. The normalized spacial score (nSPS) is 12.6. The molecule has 1 aromatic carbocycles. The number of benzene rings is 1. The third kappa shape index (κ3) is 13.5. The molecular weight excluding hydrogens is 446 g/mol. The van der Waals surface area contributed by atoms with E-state index >= 15 is 0 Å². The van der Waals surface area contributed by atoms with Gasteiger partial charge in [-0.3, -0.25) is 13.9 Å². The highest BCUT2D eigenvalue weighted by molar-refractivity contribution is 7.86. The standard InChI is InChI=1S/C20H33NO8S2/c1-2-12-21(14-7-16-30(23,24)25,15-8-17-31(26,27)28)13-6-11-20(22)29-18-19-9-4-3-5-10-19/h3-5,9-10H,2,6-8,11-18H2,1H3,(H-,23,24,25,26,27,28)/p+1. The van der Waals surface area contributed by atoms with Gasteiger partial charge in [0.15, 0.2) is 0 Å². The van der Waals surface area contributed by atoms with Gasteiger partial charge in [0.2, 0.25) is 0 Å². The van der Waals surface area contributed by atoms with Gasteiger partial charge in [-0.25, -0.2) is 0 Å². The highest BCUT2D eigenvalue weighted by Gasteiger charge is 2.27. The number of hydrogen-bond donors (Lipinski definition) is 2. The van der Waals surface area contributed by atoms with E-state index in [2.05, 4.69) is 0 Å².